The molecule has 2 aromatic rings. The first-order valence-corrected chi connectivity index (χ1v) is 9.27. The maximum atomic E-state index is 12.2. The van der Waals surface area contributed by atoms with E-state index in [1.54, 1.807) is 43.3 Å². The fraction of sp³-hybridized carbons (Fsp3) is 0.333. The van der Waals surface area contributed by atoms with Crippen LogP contribution in [0.25, 0.3) is 0 Å². The van der Waals surface area contributed by atoms with Crippen molar-refractivity contribution in [3.05, 3.63) is 54.1 Å². The fourth-order valence-corrected chi connectivity index (χ4v) is 2.54. The molecule has 0 heterocycles. The van der Waals surface area contributed by atoms with Gasteiger partial charge in [0.15, 0.2) is 5.78 Å². The standard InChI is InChI=1S/C21H25F2N3O3/c1-3-19(28)13-26(15(2)27)18-9-7-16(8-10-18)12-24-25-17-5-4-6-20(11-17)29-14-21(22)23/h4-11,21,24-25H,3,12-14H2,1-2H3. The predicted molar refractivity (Wildman–Crippen MR) is 108 cm³/mol. The highest BCUT2D eigenvalue weighted by atomic mass is 19.3. The number of anilines is 2. The van der Waals surface area contributed by atoms with E-state index in [-0.39, 0.29) is 18.2 Å². The maximum Gasteiger partial charge on any atom is 0.272 e. The number of ketones is 1. The Bertz CT molecular complexity index is 813. The molecule has 0 spiro atoms. The van der Waals surface area contributed by atoms with E-state index in [1.165, 1.54) is 11.8 Å². The zero-order valence-corrected chi connectivity index (χ0v) is 16.5. The second kappa shape index (κ2) is 11.1. The van der Waals surface area contributed by atoms with Gasteiger partial charge in [-0.2, -0.15) is 0 Å². The van der Waals surface area contributed by atoms with Crippen LogP contribution in [0.15, 0.2) is 48.5 Å². The topological polar surface area (TPSA) is 70.7 Å². The van der Waals surface area contributed by atoms with E-state index in [0.717, 1.165) is 5.56 Å². The molecule has 2 rings (SSSR count). The molecule has 0 fully saturated rings. The largest absolute Gasteiger partial charge is 0.488 e. The zero-order valence-electron chi connectivity index (χ0n) is 16.5. The normalized spacial score (nSPS) is 10.7. The third kappa shape index (κ3) is 7.50. The lowest BCUT2D eigenvalue weighted by molar-refractivity contribution is -0.121. The second-order valence-corrected chi connectivity index (χ2v) is 6.37. The van der Waals surface area contributed by atoms with Crippen molar-refractivity contribution < 1.29 is 23.1 Å². The summed E-state index contributed by atoms with van der Waals surface area (Å²) in [6.07, 6.45) is -2.14. The number of hydrazine groups is 1. The van der Waals surface area contributed by atoms with E-state index in [1.807, 2.05) is 12.1 Å². The number of carbonyl (C=O) groups is 2. The maximum absolute atomic E-state index is 12.2. The third-order valence-corrected chi connectivity index (χ3v) is 4.09. The van der Waals surface area contributed by atoms with E-state index in [9.17, 15) is 18.4 Å². The summed E-state index contributed by atoms with van der Waals surface area (Å²) >= 11 is 0. The van der Waals surface area contributed by atoms with Gasteiger partial charge in [-0.3, -0.25) is 9.59 Å². The number of halogens is 2. The minimum absolute atomic E-state index is 0.00472. The van der Waals surface area contributed by atoms with E-state index in [4.69, 9.17) is 4.74 Å². The molecule has 0 radical (unpaired) electrons. The highest BCUT2D eigenvalue weighted by Crippen LogP contribution is 2.18. The second-order valence-electron chi connectivity index (χ2n) is 6.37. The molecule has 6 nitrogen and oxygen atoms in total. The number of nitrogens with zero attached hydrogens (tertiary/aromatic N) is 1. The summed E-state index contributed by atoms with van der Waals surface area (Å²) in [6.45, 7) is 3.10. The Morgan fingerprint density at radius 2 is 1.86 bits per heavy atom. The SMILES string of the molecule is CCC(=O)CN(C(C)=O)c1ccc(CNNc2cccc(OCC(F)F)c2)cc1. The van der Waals surface area contributed by atoms with Crippen LogP contribution in [0.4, 0.5) is 20.2 Å². The number of alkyl halides is 2. The zero-order chi connectivity index (χ0) is 21.2. The van der Waals surface area contributed by atoms with Crippen molar-refractivity contribution >= 4 is 23.1 Å². The van der Waals surface area contributed by atoms with Crippen molar-refractivity contribution in [1.29, 1.82) is 0 Å². The lowest BCUT2D eigenvalue weighted by Crippen LogP contribution is -2.33. The van der Waals surface area contributed by atoms with Gasteiger partial charge in [0.25, 0.3) is 6.43 Å². The lowest BCUT2D eigenvalue weighted by Gasteiger charge is -2.20. The summed E-state index contributed by atoms with van der Waals surface area (Å²) in [5.41, 5.74) is 8.32. The Morgan fingerprint density at radius 3 is 2.48 bits per heavy atom. The van der Waals surface area contributed by atoms with Crippen LogP contribution in [-0.4, -0.2) is 31.3 Å². The number of ether oxygens (including phenoxy) is 1. The molecule has 29 heavy (non-hydrogen) atoms. The van der Waals surface area contributed by atoms with Crippen LogP contribution in [0.5, 0.6) is 5.75 Å². The smallest absolute Gasteiger partial charge is 0.272 e. The average molecular weight is 405 g/mol. The molecule has 0 saturated carbocycles. The number of amides is 1. The first kappa shape index (κ1) is 22.3. The van der Waals surface area contributed by atoms with Crippen LogP contribution in [0.1, 0.15) is 25.8 Å². The minimum Gasteiger partial charge on any atom is -0.488 e. The molecule has 0 aliphatic carbocycles. The van der Waals surface area contributed by atoms with Crippen LogP contribution in [-0.2, 0) is 16.1 Å². The Hall–Kier alpha value is -3.00. The molecule has 0 atom stereocenters. The Morgan fingerprint density at radius 1 is 1.14 bits per heavy atom. The van der Waals surface area contributed by atoms with Crippen molar-refractivity contribution in [2.45, 2.75) is 33.2 Å². The number of rotatable bonds is 11. The Kier molecular flexibility index (Phi) is 8.54. The summed E-state index contributed by atoms with van der Waals surface area (Å²) in [5, 5.41) is 0. The minimum atomic E-state index is -2.52. The molecule has 0 bridgehead atoms. The van der Waals surface area contributed by atoms with Gasteiger partial charge in [0.05, 0.1) is 12.2 Å². The number of nitrogens with one attached hydrogen (secondary N) is 2. The fourth-order valence-electron chi connectivity index (χ4n) is 2.54. The molecular formula is C21H25F2N3O3. The van der Waals surface area contributed by atoms with Gasteiger partial charge in [-0.15, -0.1) is 0 Å². The van der Waals surface area contributed by atoms with E-state index in [0.29, 0.717) is 30.1 Å². The van der Waals surface area contributed by atoms with Crippen molar-refractivity contribution in [3.8, 4) is 5.75 Å². The highest BCUT2D eigenvalue weighted by molar-refractivity contribution is 5.97. The summed E-state index contributed by atoms with van der Waals surface area (Å²) in [7, 11) is 0. The Balaban J connectivity index is 1.89. The van der Waals surface area contributed by atoms with E-state index >= 15 is 0 Å². The first-order chi connectivity index (χ1) is 13.9. The molecule has 8 heteroatoms. The van der Waals surface area contributed by atoms with Gasteiger partial charge >= 0.3 is 0 Å². The van der Waals surface area contributed by atoms with Crippen molar-refractivity contribution in [2.75, 3.05) is 23.5 Å². The van der Waals surface area contributed by atoms with Crippen molar-refractivity contribution in [2.24, 2.45) is 0 Å². The molecule has 0 aliphatic rings. The number of carbonyl (C=O) groups excluding carboxylic acids is 2. The Labute approximate surface area is 168 Å². The van der Waals surface area contributed by atoms with Crippen LogP contribution in [0.3, 0.4) is 0 Å². The lowest BCUT2D eigenvalue weighted by atomic mass is 10.2. The summed E-state index contributed by atoms with van der Waals surface area (Å²) in [5.74, 6) is 0.163. The van der Waals surface area contributed by atoms with Gasteiger partial charge < -0.3 is 15.1 Å². The molecule has 0 aliphatic heterocycles. The number of benzene rings is 2. The molecule has 0 saturated heterocycles. The van der Waals surface area contributed by atoms with E-state index in [2.05, 4.69) is 10.9 Å². The van der Waals surface area contributed by atoms with Gasteiger partial charge in [-0.1, -0.05) is 25.1 Å². The van der Waals surface area contributed by atoms with Gasteiger partial charge in [0.2, 0.25) is 5.91 Å². The molecule has 0 aromatic heterocycles. The predicted octanol–water partition coefficient (Wildman–Crippen LogP) is 3.78. The molecule has 2 aromatic carbocycles. The van der Waals surface area contributed by atoms with Crippen LogP contribution < -0.4 is 20.5 Å². The summed E-state index contributed by atoms with van der Waals surface area (Å²) in [6, 6.07) is 14.0. The average Bonchev–Trinajstić information content (AvgIpc) is 2.71. The van der Waals surface area contributed by atoms with E-state index < -0.39 is 13.0 Å². The number of Topliss-reactive ketones (excluding diaryl/α,β-unsaturated/α-hetero) is 1. The molecule has 1 amide bonds. The highest BCUT2D eigenvalue weighted by Gasteiger charge is 2.14. The third-order valence-electron chi connectivity index (χ3n) is 4.09. The summed E-state index contributed by atoms with van der Waals surface area (Å²) < 4.78 is 29.4. The first-order valence-electron chi connectivity index (χ1n) is 9.27. The van der Waals surface area contributed by atoms with Crippen LogP contribution in [0, 0.1) is 0 Å². The molecule has 0 unspecified atom stereocenters. The van der Waals surface area contributed by atoms with Crippen LogP contribution in [0.2, 0.25) is 0 Å². The quantitative estimate of drug-likeness (QED) is 0.557. The van der Waals surface area contributed by atoms with Gasteiger partial charge in [0.1, 0.15) is 12.4 Å². The molecule has 156 valence electrons. The molecular weight excluding hydrogens is 380 g/mol. The molecule has 2 N–H and O–H groups in total. The monoisotopic (exact) mass is 405 g/mol. The van der Waals surface area contributed by atoms with Gasteiger partial charge in [-0.25, -0.2) is 14.2 Å². The van der Waals surface area contributed by atoms with Gasteiger partial charge in [0, 0.05) is 31.6 Å². The van der Waals surface area contributed by atoms with Gasteiger partial charge in [-0.05, 0) is 29.8 Å². The number of hydrogen-bond acceptors (Lipinski definition) is 5. The van der Waals surface area contributed by atoms with Crippen molar-refractivity contribution in [1.82, 2.24) is 5.43 Å². The van der Waals surface area contributed by atoms with Crippen LogP contribution >= 0.6 is 0 Å². The van der Waals surface area contributed by atoms with Crippen molar-refractivity contribution in [3.63, 3.8) is 0 Å². The summed E-state index contributed by atoms with van der Waals surface area (Å²) in [4.78, 5) is 25.0. The number of hydrogen-bond donors (Lipinski definition) is 2.